The second kappa shape index (κ2) is 5.47. The lowest BCUT2D eigenvalue weighted by atomic mass is 10.1. The van der Waals surface area contributed by atoms with Crippen LogP contribution in [0.4, 0.5) is 0 Å². The van der Waals surface area contributed by atoms with E-state index in [1.807, 2.05) is 36.4 Å². The molecule has 0 bridgehead atoms. The Morgan fingerprint density at radius 1 is 1.09 bits per heavy atom. The van der Waals surface area contributed by atoms with E-state index in [-0.39, 0.29) is 18.0 Å². The Bertz CT molecular complexity index is 886. The van der Waals surface area contributed by atoms with Crippen LogP contribution < -0.4 is 0 Å². The van der Waals surface area contributed by atoms with Crippen molar-refractivity contribution in [2.75, 3.05) is 6.61 Å². The average molecular weight is 287 g/mol. The van der Waals surface area contributed by atoms with Crippen LogP contribution in [0.1, 0.15) is 22.6 Å². The predicted octanol–water partition coefficient (Wildman–Crippen LogP) is 2.16. The van der Waals surface area contributed by atoms with Crippen molar-refractivity contribution in [1.29, 1.82) is 10.5 Å². The summed E-state index contributed by atoms with van der Waals surface area (Å²) < 4.78 is 0. The lowest BCUT2D eigenvalue weighted by molar-refractivity contribution is 0.175. The molecule has 1 aliphatic carbocycles. The summed E-state index contributed by atoms with van der Waals surface area (Å²) in [6.45, 7) is 3.82. The Balaban J connectivity index is 2.25. The fraction of sp³-hybridized carbons (Fsp3) is 0.0625. The molecule has 6 nitrogen and oxygen atoms in total. The van der Waals surface area contributed by atoms with Crippen LogP contribution in [-0.2, 0) is 4.84 Å². The van der Waals surface area contributed by atoms with Crippen LogP contribution in [0.25, 0.3) is 11.3 Å². The highest BCUT2D eigenvalue weighted by molar-refractivity contribution is 6.22. The standard InChI is InChI=1S/C16H9N5O/c1-2-7-22-21-15-11-6-4-3-5-10(11)14-16(15)20-13(9-18)12(8-17)19-14/h2-6H,1,7H2. The molecule has 6 heteroatoms. The van der Waals surface area contributed by atoms with Gasteiger partial charge in [-0.1, -0.05) is 42.1 Å². The molecule has 2 aromatic rings. The Morgan fingerprint density at radius 3 is 2.36 bits per heavy atom. The van der Waals surface area contributed by atoms with Crippen molar-refractivity contribution < 1.29 is 4.84 Å². The second-order valence-corrected chi connectivity index (χ2v) is 4.41. The first-order valence-corrected chi connectivity index (χ1v) is 6.43. The SMILES string of the molecule is C=CCON=C1c2ccccc2-c2nc(C#N)c(C#N)nc21. The highest BCUT2D eigenvalue weighted by atomic mass is 16.6. The van der Waals surface area contributed by atoms with E-state index in [9.17, 15) is 0 Å². The highest BCUT2D eigenvalue weighted by Gasteiger charge is 2.30. The molecule has 0 radical (unpaired) electrons. The van der Waals surface area contributed by atoms with Gasteiger partial charge in [0.25, 0.3) is 0 Å². The van der Waals surface area contributed by atoms with E-state index in [1.165, 1.54) is 0 Å². The molecule has 0 saturated carbocycles. The van der Waals surface area contributed by atoms with Crippen LogP contribution in [0, 0.1) is 22.7 Å². The van der Waals surface area contributed by atoms with Gasteiger partial charge in [0.05, 0.1) is 0 Å². The van der Waals surface area contributed by atoms with E-state index in [2.05, 4.69) is 21.7 Å². The van der Waals surface area contributed by atoms with Gasteiger partial charge in [0.15, 0.2) is 11.4 Å². The molecule has 0 spiro atoms. The summed E-state index contributed by atoms with van der Waals surface area (Å²) in [5, 5.41) is 22.3. The molecule has 0 unspecified atom stereocenters. The summed E-state index contributed by atoms with van der Waals surface area (Å²) in [6.07, 6.45) is 1.58. The first-order valence-electron chi connectivity index (χ1n) is 6.43. The minimum Gasteiger partial charge on any atom is -0.391 e. The van der Waals surface area contributed by atoms with Crippen LogP contribution in [-0.4, -0.2) is 22.3 Å². The molecule has 0 amide bonds. The van der Waals surface area contributed by atoms with Crippen LogP contribution in [0.2, 0.25) is 0 Å². The number of aromatic nitrogens is 2. The summed E-state index contributed by atoms with van der Waals surface area (Å²) in [5.41, 5.74) is 3.08. The second-order valence-electron chi connectivity index (χ2n) is 4.41. The number of fused-ring (bicyclic) bond motifs is 3. The number of nitrogens with zero attached hydrogens (tertiary/aromatic N) is 5. The quantitative estimate of drug-likeness (QED) is 0.418. The molecule has 22 heavy (non-hydrogen) atoms. The van der Waals surface area contributed by atoms with Gasteiger partial charge in [-0.05, 0) is 0 Å². The maximum Gasteiger partial charge on any atom is 0.177 e. The lowest BCUT2D eigenvalue weighted by Crippen LogP contribution is -2.06. The van der Waals surface area contributed by atoms with Gasteiger partial charge < -0.3 is 4.84 Å². The van der Waals surface area contributed by atoms with Crippen molar-refractivity contribution in [1.82, 2.24) is 9.97 Å². The van der Waals surface area contributed by atoms with E-state index >= 15 is 0 Å². The molecule has 0 N–H and O–H groups in total. The van der Waals surface area contributed by atoms with Crippen molar-refractivity contribution in [3.05, 3.63) is 59.6 Å². The maximum atomic E-state index is 9.11. The zero-order valence-corrected chi connectivity index (χ0v) is 11.4. The molecular weight excluding hydrogens is 278 g/mol. The van der Waals surface area contributed by atoms with E-state index in [1.54, 1.807) is 6.08 Å². The third-order valence-corrected chi connectivity index (χ3v) is 3.12. The van der Waals surface area contributed by atoms with Gasteiger partial charge in [0.2, 0.25) is 0 Å². The Morgan fingerprint density at radius 2 is 1.73 bits per heavy atom. The molecule has 0 saturated heterocycles. The van der Waals surface area contributed by atoms with Gasteiger partial charge >= 0.3 is 0 Å². The lowest BCUT2D eigenvalue weighted by Gasteiger charge is -2.01. The average Bonchev–Trinajstić information content (AvgIpc) is 2.87. The number of oxime groups is 1. The van der Waals surface area contributed by atoms with Crippen molar-refractivity contribution in [3.8, 4) is 23.4 Å². The smallest absolute Gasteiger partial charge is 0.177 e. The molecule has 104 valence electrons. The van der Waals surface area contributed by atoms with E-state index < -0.39 is 0 Å². The number of benzene rings is 1. The number of nitriles is 2. The summed E-state index contributed by atoms with van der Waals surface area (Å²) in [4.78, 5) is 13.7. The van der Waals surface area contributed by atoms with Crippen LogP contribution in [0.3, 0.4) is 0 Å². The first-order chi connectivity index (χ1) is 10.8. The molecule has 1 aromatic heterocycles. The van der Waals surface area contributed by atoms with Crippen LogP contribution in [0.5, 0.6) is 0 Å². The molecule has 1 aliphatic rings. The van der Waals surface area contributed by atoms with Gasteiger partial charge in [0, 0.05) is 11.1 Å². The molecule has 0 fully saturated rings. The van der Waals surface area contributed by atoms with Gasteiger partial charge in [-0.2, -0.15) is 10.5 Å². The van der Waals surface area contributed by atoms with Crippen LogP contribution in [0.15, 0.2) is 42.1 Å². The zero-order valence-electron chi connectivity index (χ0n) is 11.4. The largest absolute Gasteiger partial charge is 0.391 e. The third kappa shape index (κ3) is 2.00. The molecule has 3 rings (SSSR count). The molecular formula is C16H9N5O. The minimum absolute atomic E-state index is 0.00399. The minimum atomic E-state index is -0.0227. The van der Waals surface area contributed by atoms with Crippen molar-refractivity contribution in [2.45, 2.75) is 0 Å². The normalized spacial score (nSPS) is 12.9. The first kappa shape index (κ1) is 13.5. The van der Waals surface area contributed by atoms with E-state index in [0.29, 0.717) is 17.1 Å². The zero-order chi connectivity index (χ0) is 15.5. The van der Waals surface area contributed by atoms with Gasteiger partial charge in [0.1, 0.15) is 35.8 Å². The molecule has 1 heterocycles. The van der Waals surface area contributed by atoms with Crippen molar-refractivity contribution in [3.63, 3.8) is 0 Å². The summed E-state index contributed by atoms with van der Waals surface area (Å²) in [5.74, 6) is 0. The number of hydrogen-bond acceptors (Lipinski definition) is 6. The summed E-state index contributed by atoms with van der Waals surface area (Å²) >= 11 is 0. The van der Waals surface area contributed by atoms with Gasteiger partial charge in [-0.15, -0.1) is 0 Å². The number of hydrogen-bond donors (Lipinski definition) is 0. The van der Waals surface area contributed by atoms with Crippen molar-refractivity contribution >= 4 is 5.71 Å². The number of rotatable bonds is 3. The Hall–Kier alpha value is -3.51. The fourth-order valence-corrected chi connectivity index (χ4v) is 2.21. The Labute approximate surface area is 126 Å². The predicted molar refractivity (Wildman–Crippen MR) is 78.7 cm³/mol. The monoisotopic (exact) mass is 287 g/mol. The Kier molecular flexibility index (Phi) is 3.35. The maximum absolute atomic E-state index is 9.11. The van der Waals surface area contributed by atoms with Crippen LogP contribution >= 0.6 is 0 Å². The summed E-state index contributed by atoms with van der Waals surface area (Å²) in [6, 6.07) is 11.2. The third-order valence-electron chi connectivity index (χ3n) is 3.12. The molecule has 0 aliphatic heterocycles. The summed E-state index contributed by atoms with van der Waals surface area (Å²) in [7, 11) is 0. The fourth-order valence-electron chi connectivity index (χ4n) is 2.21. The van der Waals surface area contributed by atoms with Gasteiger partial charge in [-0.25, -0.2) is 9.97 Å². The molecule has 1 aromatic carbocycles. The molecule has 0 atom stereocenters. The highest BCUT2D eigenvalue weighted by Crippen LogP contribution is 2.34. The van der Waals surface area contributed by atoms with E-state index in [4.69, 9.17) is 15.4 Å². The van der Waals surface area contributed by atoms with Gasteiger partial charge in [-0.3, -0.25) is 0 Å². The van der Waals surface area contributed by atoms with Crippen molar-refractivity contribution in [2.24, 2.45) is 5.16 Å². The topological polar surface area (TPSA) is 95.0 Å². The van der Waals surface area contributed by atoms with E-state index in [0.717, 1.165) is 11.1 Å².